The minimum absolute atomic E-state index is 0.450. The fourth-order valence-electron chi connectivity index (χ4n) is 3.89. The van der Waals surface area contributed by atoms with Crippen LogP contribution in [0, 0.1) is 0 Å². The number of benzene rings is 3. The lowest BCUT2D eigenvalue weighted by molar-refractivity contribution is 0.0989. The van der Waals surface area contributed by atoms with Gasteiger partial charge in [-0.25, -0.2) is 0 Å². The number of aromatic nitrogens is 3. The van der Waals surface area contributed by atoms with Gasteiger partial charge in [0.1, 0.15) is 0 Å². The Bertz CT molecular complexity index is 1720. The van der Waals surface area contributed by atoms with E-state index >= 15 is 0 Å². The highest BCUT2D eigenvalue weighted by atomic mass is 79.9. The molecular weight excluding hydrogens is 771 g/mol. The highest BCUT2D eigenvalue weighted by Gasteiger charge is 2.37. The Morgan fingerprint density at radius 3 is 1.13 bits per heavy atom. The average Bonchev–Trinajstić information content (AvgIpc) is 3.54. The molecule has 0 aliphatic heterocycles. The zero-order valence-electron chi connectivity index (χ0n) is 18.6. The molecule has 0 radical (unpaired) electrons. The van der Waals surface area contributed by atoms with Crippen molar-refractivity contribution in [2.75, 3.05) is 0 Å². The van der Waals surface area contributed by atoms with E-state index < -0.39 is 7.82 Å². The second kappa shape index (κ2) is 10.0. The zero-order valence-corrected chi connectivity index (χ0v) is 26.5. The number of nitrogens with zero attached hydrogens (tertiary/aromatic N) is 3. The van der Waals surface area contributed by atoms with Gasteiger partial charge in [0, 0.05) is 48.2 Å². The van der Waals surface area contributed by atoms with Crippen molar-refractivity contribution in [2.45, 2.75) is 0 Å². The van der Waals surface area contributed by atoms with Gasteiger partial charge in [0.25, 0.3) is 0 Å². The Morgan fingerprint density at radius 2 is 0.842 bits per heavy atom. The van der Waals surface area contributed by atoms with E-state index in [-0.39, 0.29) is 0 Å². The third kappa shape index (κ3) is 4.85. The molecular formula is C24H12Br3Cl3N3O4P. The fourth-order valence-corrected chi connectivity index (χ4v) is 6.61. The SMILES string of the molecule is O=P(On1ccc2cc(Br)c(Cl)cc21)(On1ccc2cc(Br)c(Cl)cc21)On1ccc2cc(Br)c(Cl)cc21. The maximum absolute atomic E-state index is 14.3. The van der Waals surface area contributed by atoms with E-state index in [0.29, 0.717) is 45.0 Å². The molecule has 38 heavy (non-hydrogen) atoms. The molecule has 0 bridgehead atoms. The van der Waals surface area contributed by atoms with Gasteiger partial charge < -0.3 is 0 Å². The zero-order chi connectivity index (χ0) is 26.8. The molecule has 0 unspecified atom stereocenters. The van der Waals surface area contributed by atoms with Crippen LogP contribution in [-0.4, -0.2) is 14.2 Å². The predicted molar refractivity (Wildman–Crippen MR) is 161 cm³/mol. The predicted octanol–water partition coefficient (Wildman–Crippen LogP) is 9.59. The molecule has 3 aromatic carbocycles. The quantitative estimate of drug-likeness (QED) is 0.158. The molecule has 0 N–H and O–H groups in total. The molecule has 0 saturated carbocycles. The van der Waals surface area contributed by atoms with E-state index in [9.17, 15) is 4.57 Å². The fraction of sp³-hybridized carbons (Fsp3) is 0. The Labute approximate surface area is 255 Å². The van der Waals surface area contributed by atoms with Crippen LogP contribution in [0.15, 0.2) is 86.6 Å². The van der Waals surface area contributed by atoms with E-state index in [1.165, 1.54) is 14.2 Å². The van der Waals surface area contributed by atoms with Crippen molar-refractivity contribution < 1.29 is 18.4 Å². The summed E-state index contributed by atoms with van der Waals surface area (Å²) in [5.74, 6) is 0. The molecule has 194 valence electrons. The van der Waals surface area contributed by atoms with Gasteiger partial charge in [0.15, 0.2) is 0 Å². The molecule has 14 heteroatoms. The van der Waals surface area contributed by atoms with Crippen molar-refractivity contribution in [2.24, 2.45) is 0 Å². The topological polar surface area (TPSA) is 59.6 Å². The molecule has 0 atom stereocenters. The third-order valence-corrected chi connectivity index (χ3v) is 10.4. The molecule has 3 aromatic heterocycles. The standard InChI is InChI=1S/C24H12Br3Cl3N3O4P/c25-16-7-13-1-4-31(22(13)10-19(16)28)35-38(34,36-32-5-2-14-8-17(26)20(29)11-23(14)32)37-33-6-3-15-9-18(27)21(30)12-24(15)33/h1-12H. The smallest absolute Gasteiger partial charge is 0.290 e. The molecule has 6 rings (SSSR count). The minimum Gasteiger partial charge on any atom is -0.290 e. The number of halogens is 6. The molecule has 0 saturated heterocycles. The van der Waals surface area contributed by atoms with Gasteiger partial charge in [-0.1, -0.05) is 34.8 Å². The van der Waals surface area contributed by atoms with Crippen LogP contribution in [0.1, 0.15) is 0 Å². The van der Waals surface area contributed by atoms with Gasteiger partial charge in [0.2, 0.25) is 0 Å². The minimum atomic E-state index is -4.45. The number of phosphoric acid groups is 1. The molecule has 3 heterocycles. The van der Waals surface area contributed by atoms with Crippen molar-refractivity contribution in [1.29, 1.82) is 0 Å². The normalized spacial score (nSPS) is 12.1. The van der Waals surface area contributed by atoms with E-state index in [2.05, 4.69) is 47.8 Å². The molecule has 0 aliphatic rings. The van der Waals surface area contributed by atoms with Crippen LogP contribution in [0.25, 0.3) is 32.7 Å². The maximum Gasteiger partial charge on any atom is 0.705 e. The van der Waals surface area contributed by atoms with Crippen LogP contribution < -0.4 is 13.9 Å². The summed E-state index contributed by atoms with van der Waals surface area (Å²) >= 11 is 29.2. The van der Waals surface area contributed by atoms with Crippen molar-refractivity contribution in [1.82, 2.24) is 14.2 Å². The van der Waals surface area contributed by atoms with Crippen LogP contribution in [0.4, 0.5) is 0 Å². The first-order valence-electron chi connectivity index (χ1n) is 10.7. The summed E-state index contributed by atoms with van der Waals surface area (Å²) in [4.78, 5) is 0. The Kier molecular flexibility index (Phi) is 6.96. The number of hydrogen-bond donors (Lipinski definition) is 0. The van der Waals surface area contributed by atoms with Crippen LogP contribution in [0.3, 0.4) is 0 Å². The van der Waals surface area contributed by atoms with Gasteiger partial charge in [-0.2, -0.15) is 18.8 Å². The van der Waals surface area contributed by atoms with E-state index in [0.717, 1.165) is 16.2 Å². The van der Waals surface area contributed by atoms with Crippen LogP contribution in [0.5, 0.6) is 0 Å². The highest BCUT2D eigenvalue weighted by Crippen LogP contribution is 2.43. The summed E-state index contributed by atoms with van der Waals surface area (Å²) in [7, 11) is -4.45. The first-order chi connectivity index (χ1) is 18.1. The summed E-state index contributed by atoms with van der Waals surface area (Å²) in [5, 5.41) is 3.72. The Morgan fingerprint density at radius 1 is 0.553 bits per heavy atom. The summed E-state index contributed by atoms with van der Waals surface area (Å²) in [6.07, 6.45) is 4.78. The van der Waals surface area contributed by atoms with Crippen LogP contribution in [-0.2, 0) is 4.57 Å². The maximum atomic E-state index is 14.3. The van der Waals surface area contributed by atoms with E-state index in [4.69, 9.17) is 48.7 Å². The average molecular weight is 783 g/mol. The molecule has 0 fully saturated rings. The molecule has 0 amide bonds. The summed E-state index contributed by atoms with van der Waals surface area (Å²) in [6, 6.07) is 15.8. The third-order valence-electron chi connectivity index (χ3n) is 5.65. The second-order valence-corrected chi connectivity index (χ2v) is 13.3. The lowest BCUT2D eigenvalue weighted by Crippen LogP contribution is -2.24. The lowest BCUT2D eigenvalue weighted by Gasteiger charge is -2.20. The molecule has 6 aromatic rings. The Balaban J connectivity index is 1.46. The van der Waals surface area contributed by atoms with E-state index in [1.54, 1.807) is 55.0 Å². The first kappa shape index (κ1) is 26.4. The molecule has 0 spiro atoms. The van der Waals surface area contributed by atoms with Crippen molar-refractivity contribution in [3.05, 3.63) is 102 Å². The molecule has 7 nitrogen and oxygen atoms in total. The van der Waals surface area contributed by atoms with Crippen molar-refractivity contribution >= 4 is 123 Å². The Hall–Kier alpha value is -1.78. The van der Waals surface area contributed by atoms with Crippen LogP contribution in [0.2, 0.25) is 15.1 Å². The van der Waals surface area contributed by atoms with Crippen molar-refractivity contribution in [3.63, 3.8) is 0 Å². The van der Waals surface area contributed by atoms with Gasteiger partial charge in [-0.05, 0) is 102 Å². The second-order valence-electron chi connectivity index (χ2n) is 8.09. The highest BCUT2D eigenvalue weighted by molar-refractivity contribution is 9.11. The monoisotopic (exact) mass is 779 g/mol. The van der Waals surface area contributed by atoms with Crippen LogP contribution >= 0.6 is 90.4 Å². The largest absolute Gasteiger partial charge is 0.705 e. The number of hydrogen-bond acceptors (Lipinski definition) is 4. The number of rotatable bonds is 6. The van der Waals surface area contributed by atoms with Gasteiger partial charge in [0.05, 0.1) is 31.6 Å². The van der Waals surface area contributed by atoms with Gasteiger partial charge in [-0.15, -0.1) is 0 Å². The summed E-state index contributed by atoms with van der Waals surface area (Å²) < 4.78 is 38.1. The molecule has 0 aliphatic carbocycles. The van der Waals surface area contributed by atoms with E-state index in [1.807, 2.05) is 18.2 Å². The van der Waals surface area contributed by atoms with Gasteiger partial charge >= 0.3 is 7.82 Å². The number of fused-ring (bicyclic) bond motifs is 3. The lowest BCUT2D eigenvalue weighted by atomic mass is 10.2. The summed E-state index contributed by atoms with van der Waals surface area (Å²) in [5.41, 5.74) is 1.66. The summed E-state index contributed by atoms with van der Waals surface area (Å²) in [6.45, 7) is 0. The van der Waals surface area contributed by atoms with Crippen molar-refractivity contribution in [3.8, 4) is 0 Å². The van der Waals surface area contributed by atoms with Gasteiger partial charge in [-0.3, -0.25) is 13.9 Å². The first-order valence-corrected chi connectivity index (χ1v) is 15.7.